The van der Waals surface area contributed by atoms with Gasteiger partial charge in [0.2, 0.25) is 0 Å². The summed E-state index contributed by atoms with van der Waals surface area (Å²) in [5, 5.41) is 6.54. The third-order valence-electron chi connectivity index (χ3n) is 3.35. The number of ether oxygens (including phenoxy) is 1. The maximum atomic E-state index is 5.60. The average Bonchev–Trinajstić information content (AvgIpc) is 3.16. The maximum Gasteiger partial charge on any atom is 0.191 e. The molecule has 0 spiro atoms. The second-order valence-corrected chi connectivity index (χ2v) is 5.33. The molecule has 1 saturated carbocycles. The molecule has 20 heavy (non-hydrogen) atoms. The van der Waals surface area contributed by atoms with Gasteiger partial charge in [0.25, 0.3) is 0 Å². The Bertz CT molecular complexity index is 438. The Morgan fingerprint density at radius 1 is 1.50 bits per heavy atom. The monoisotopic (exact) mass is 279 g/mol. The van der Waals surface area contributed by atoms with Crippen molar-refractivity contribution < 1.29 is 9.15 Å². The fraction of sp³-hybridized carbons (Fsp3) is 0.667. The van der Waals surface area contributed by atoms with Gasteiger partial charge in [-0.1, -0.05) is 0 Å². The van der Waals surface area contributed by atoms with Gasteiger partial charge in [-0.05, 0) is 44.7 Å². The number of aliphatic imine (C=N–C) groups is 1. The van der Waals surface area contributed by atoms with Crippen molar-refractivity contribution in [2.75, 3.05) is 26.8 Å². The van der Waals surface area contributed by atoms with Crippen LogP contribution in [0.2, 0.25) is 0 Å². The summed E-state index contributed by atoms with van der Waals surface area (Å²) >= 11 is 0. The lowest BCUT2D eigenvalue weighted by Crippen LogP contribution is -2.40. The zero-order valence-electron chi connectivity index (χ0n) is 12.6. The number of hydrogen-bond acceptors (Lipinski definition) is 3. The molecular weight excluding hydrogens is 254 g/mol. The van der Waals surface area contributed by atoms with Crippen LogP contribution in [0.4, 0.5) is 0 Å². The van der Waals surface area contributed by atoms with Crippen LogP contribution in [0.25, 0.3) is 0 Å². The van der Waals surface area contributed by atoms with Crippen LogP contribution in [-0.2, 0) is 4.74 Å². The van der Waals surface area contributed by atoms with Crippen LogP contribution in [0, 0.1) is 12.8 Å². The number of hydrogen-bond donors (Lipinski definition) is 2. The minimum Gasteiger partial charge on any atom is -0.464 e. The van der Waals surface area contributed by atoms with Crippen molar-refractivity contribution in [3.63, 3.8) is 0 Å². The molecule has 0 saturated heterocycles. The smallest absolute Gasteiger partial charge is 0.191 e. The van der Waals surface area contributed by atoms with Gasteiger partial charge < -0.3 is 19.8 Å². The topological polar surface area (TPSA) is 58.8 Å². The summed E-state index contributed by atoms with van der Waals surface area (Å²) in [6.07, 6.45) is 2.66. The van der Waals surface area contributed by atoms with Gasteiger partial charge in [0.05, 0.1) is 12.6 Å². The third kappa shape index (κ3) is 4.89. The first kappa shape index (κ1) is 14.9. The Morgan fingerprint density at radius 3 is 2.90 bits per heavy atom. The fourth-order valence-corrected chi connectivity index (χ4v) is 1.93. The molecule has 2 rings (SSSR count). The number of nitrogens with zero attached hydrogens (tertiary/aromatic N) is 1. The molecule has 0 bridgehead atoms. The van der Waals surface area contributed by atoms with E-state index in [1.807, 2.05) is 19.1 Å². The lowest BCUT2D eigenvalue weighted by Gasteiger charge is -2.16. The van der Waals surface area contributed by atoms with E-state index in [1.54, 1.807) is 7.05 Å². The van der Waals surface area contributed by atoms with Crippen LogP contribution in [0.5, 0.6) is 0 Å². The van der Waals surface area contributed by atoms with Crippen LogP contribution in [0.1, 0.15) is 37.3 Å². The summed E-state index contributed by atoms with van der Waals surface area (Å²) in [4.78, 5) is 4.20. The molecule has 0 aliphatic heterocycles. The second-order valence-electron chi connectivity index (χ2n) is 5.33. The van der Waals surface area contributed by atoms with E-state index in [0.717, 1.165) is 36.5 Å². The summed E-state index contributed by atoms with van der Waals surface area (Å²) in [6, 6.07) is 4.04. The highest BCUT2D eigenvalue weighted by Gasteiger charge is 2.20. The molecule has 2 N–H and O–H groups in total. The lowest BCUT2D eigenvalue weighted by molar-refractivity contribution is 0.129. The first-order chi connectivity index (χ1) is 9.69. The minimum absolute atomic E-state index is 0.0854. The summed E-state index contributed by atoms with van der Waals surface area (Å²) in [5.74, 6) is 3.41. The Hall–Kier alpha value is -1.49. The zero-order valence-corrected chi connectivity index (χ0v) is 12.6. The molecule has 1 atom stereocenters. The molecule has 0 radical (unpaired) electrons. The first-order valence-electron chi connectivity index (χ1n) is 7.30. The van der Waals surface area contributed by atoms with Gasteiger partial charge >= 0.3 is 0 Å². The van der Waals surface area contributed by atoms with Gasteiger partial charge in [0.1, 0.15) is 11.5 Å². The Morgan fingerprint density at radius 2 is 2.30 bits per heavy atom. The van der Waals surface area contributed by atoms with Crippen LogP contribution in [0.15, 0.2) is 21.5 Å². The van der Waals surface area contributed by atoms with Crippen molar-refractivity contribution in [2.45, 2.75) is 32.7 Å². The van der Waals surface area contributed by atoms with E-state index < -0.39 is 0 Å². The highest BCUT2D eigenvalue weighted by atomic mass is 16.5. The van der Waals surface area contributed by atoms with Crippen molar-refractivity contribution in [1.29, 1.82) is 0 Å². The summed E-state index contributed by atoms with van der Waals surface area (Å²) in [6.45, 7) is 6.37. The Kier molecular flexibility index (Phi) is 5.47. The molecule has 1 unspecified atom stereocenters. The summed E-state index contributed by atoms with van der Waals surface area (Å²) in [5.41, 5.74) is 0. The van der Waals surface area contributed by atoms with Crippen molar-refractivity contribution >= 4 is 5.96 Å². The first-order valence-corrected chi connectivity index (χ1v) is 7.30. The van der Waals surface area contributed by atoms with Gasteiger partial charge in [-0.2, -0.15) is 0 Å². The normalized spacial score (nSPS) is 17.1. The number of guanidine groups is 1. The van der Waals surface area contributed by atoms with Gasteiger partial charge in [-0.15, -0.1) is 0 Å². The largest absolute Gasteiger partial charge is 0.464 e. The van der Waals surface area contributed by atoms with E-state index in [-0.39, 0.29) is 6.04 Å². The predicted octanol–water partition coefficient (Wildman–Crippen LogP) is 2.24. The highest BCUT2D eigenvalue weighted by molar-refractivity contribution is 5.79. The van der Waals surface area contributed by atoms with Crippen LogP contribution in [-0.4, -0.2) is 32.8 Å². The van der Waals surface area contributed by atoms with E-state index in [1.165, 1.54) is 12.8 Å². The Labute approximate surface area is 120 Å². The van der Waals surface area contributed by atoms with Crippen LogP contribution < -0.4 is 10.6 Å². The number of nitrogens with one attached hydrogen (secondary N) is 2. The lowest BCUT2D eigenvalue weighted by atomic mass is 10.2. The number of furan rings is 1. The molecule has 5 nitrogen and oxygen atoms in total. The molecule has 1 fully saturated rings. The Balaban J connectivity index is 1.65. The highest BCUT2D eigenvalue weighted by Crippen LogP contribution is 2.28. The molecule has 1 aliphatic rings. The third-order valence-corrected chi connectivity index (χ3v) is 3.35. The van der Waals surface area contributed by atoms with Crippen molar-refractivity contribution in [3.05, 3.63) is 23.7 Å². The number of rotatable bonds is 7. The molecule has 112 valence electrons. The van der Waals surface area contributed by atoms with E-state index in [2.05, 4.69) is 22.5 Å². The summed E-state index contributed by atoms with van der Waals surface area (Å²) < 4.78 is 11.2. The predicted molar refractivity (Wildman–Crippen MR) is 79.9 cm³/mol. The zero-order chi connectivity index (χ0) is 14.4. The maximum absolute atomic E-state index is 5.60. The quantitative estimate of drug-likeness (QED) is 0.456. The van der Waals surface area contributed by atoms with Crippen molar-refractivity contribution in [1.82, 2.24) is 10.6 Å². The molecule has 0 amide bonds. The van der Waals surface area contributed by atoms with Gasteiger partial charge in [0, 0.05) is 20.2 Å². The van der Waals surface area contributed by atoms with Gasteiger partial charge in [-0.3, -0.25) is 4.99 Å². The minimum atomic E-state index is 0.0854. The molecule has 1 heterocycles. The molecular formula is C15H25N3O2. The van der Waals surface area contributed by atoms with E-state index in [0.29, 0.717) is 6.61 Å². The molecule has 1 aliphatic carbocycles. The van der Waals surface area contributed by atoms with Crippen LogP contribution in [0.3, 0.4) is 0 Å². The van der Waals surface area contributed by atoms with Crippen molar-refractivity contribution in [2.24, 2.45) is 10.9 Å². The van der Waals surface area contributed by atoms with Crippen LogP contribution >= 0.6 is 0 Å². The second kappa shape index (κ2) is 7.33. The van der Waals surface area contributed by atoms with Crippen molar-refractivity contribution in [3.8, 4) is 0 Å². The van der Waals surface area contributed by atoms with Gasteiger partial charge in [-0.25, -0.2) is 0 Å². The van der Waals surface area contributed by atoms with E-state index in [9.17, 15) is 0 Å². The molecule has 1 aromatic heterocycles. The number of aryl methyl sites for hydroxylation is 1. The fourth-order valence-electron chi connectivity index (χ4n) is 1.93. The molecule has 0 aromatic carbocycles. The standard InChI is InChI=1S/C15H25N3O2/c1-11-4-7-14(20-11)12(2)18-15(16-3)17-8-9-19-10-13-5-6-13/h4,7,12-13H,5-6,8-10H2,1-3H3,(H2,16,17,18). The average molecular weight is 279 g/mol. The summed E-state index contributed by atoms with van der Waals surface area (Å²) in [7, 11) is 1.76. The molecule has 5 heteroatoms. The van der Waals surface area contributed by atoms with Gasteiger partial charge in [0.15, 0.2) is 5.96 Å². The molecule has 1 aromatic rings. The SMILES string of the molecule is CN=C(NCCOCC1CC1)NC(C)c1ccc(C)o1. The van der Waals surface area contributed by atoms with E-state index >= 15 is 0 Å². The van der Waals surface area contributed by atoms with E-state index in [4.69, 9.17) is 9.15 Å².